The molecule has 0 radical (unpaired) electrons. The van der Waals surface area contributed by atoms with Gasteiger partial charge >= 0.3 is 0 Å². The van der Waals surface area contributed by atoms with E-state index in [4.69, 9.17) is 0 Å². The number of hydrogen-bond donors (Lipinski definition) is 2. The molecular weight excluding hydrogens is 506 g/mol. The van der Waals surface area contributed by atoms with Gasteiger partial charge in [-0.3, -0.25) is 9.20 Å². The number of rotatable bonds is 9. The first-order chi connectivity index (χ1) is 17.9. The molecule has 0 aliphatic rings. The Kier molecular flexibility index (Phi) is 7.22. The van der Waals surface area contributed by atoms with E-state index < -0.39 is 15.3 Å². The predicted octanol–water partition coefficient (Wildman–Crippen LogP) is 4.87. The Morgan fingerprint density at radius 2 is 1.65 bits per heavy atom. The maximum atomic E-state index is 13.1. The molecule has 5 aromatic rings. The second kappa shape index (κ2) is 10.7. The molecule has 0 saturated heterocycles. The SMILES string of the molecule is CCC(Sc1nnc2ccc3ccccc3n12)C(=O)Nc1ccc(S(=O)(=O)NCc2ccccc2)cc1. The first-order valence-corrected chi connectivity index (χ1v) is 14.1. The van der Waals surface area contributed by atoms with E-state index in [2.05, 4.69) is 20.2 Å². The van der Waals surface area contributed by atoms with Gasteiger partial charge in [-0.15, -0.1) is 10.2 Å². The number of anilines is 1. The summed E-state index contributed by atoms with van der Waals surface area (Å²) >= 11 is 1.35. The molecule has 37 heavy (non-hydrogen) atoms. The van der Waals surface area contributed by atoms with Crippen molar-refractivity contribution in [3.8, 4) is 0 Å². The summed E-state index contributed by atoms with van der Waals surface area (Å²) in [6.45, 7) is 2.14. The Morgan fingerprint density at radius 1 is 0.919 bits per heavy atom. The second-order valence-corrected chi connectivity index (χ2v) is 11.3. The van der Waals surface area contributed by atoms with E-state index in [0.717, 1.165) is 16.5 Å². The fourth-order valence-corrected chi connectivity index (χ4v) is 5.93. The molecule has 10 heteroatoms. The zero-order valence-corrected chi connectivity index (χ0v) is 21.7. The molecule has 2 aromatic heterocycles. The third-order valence-corrected chi connectivity index (χ3v) is 8.62. The zero-order valence-electron chi connectivity index (χ0n) is 20.0. The van der Waals surface area contributed by atoms with Crippen LogP contribution in [-0.4, -0.2) is 34.2 Å². The van der Waals surface area contributed by atoms with Crippen molar-refractivity contribution in [2.45, 2.75) is 35.2 Å². The summed E-state index contributed by atoms with van der Waals surface area (Å²) < 4.78 is 29.9. The van der Waals surface area contributed by atoms with Crippen molar-refractivity contribution in [2.24, 2.45) is 0 Å². The number of nitrogens with one attached hydrogen (secondary N) is 2. The van der Waals surface area contributed by atoms with Crippen LogP contribution in [0, 0.1) is 0 Å². The van der Waals surface area contributed by atoms with Crippen LogP contribution in [-0.2, 0) is 21.4 Å². The number of hydrogen-bond acceptors (Lipinski definition) is 6. The summed E-state index contributed by atoms with van der Waals surface area (Å²) in [6, 6.07) is 27.3. The molecule has 0 aliphatic heterocycles. The number of thioether (sulfide) groups is 1. The van der Waals surface area contributed by atoms with Crippen LogP contribution in [0.25, 0.3) is 16.6 Å². The number of pyridine rings is 1. The average molecular weight is 532 g/mol. The molecule has 8 nitrogen and oxygen atoms in total. The molecule has 2 heterocycles. The number of aromatic nitrogens is 3. The number of carbonyl (C=O) groups is 1. The van der Waals surface area contributed by atoms with Gasteiger partial charge < -0.3 is 5.32 Å². The van der Waals surface area contributed by atoms with Gasteiger partial charge in [0.05, 0.1) is 15.7 Å². The molecule has 2 N–H and O–H groups in total. The molecule has 0 bridgehead atoms. The average Bonchev–Trinajstić information content (AvgIpc) is 3.35. The van der Waals surface area contributed by atoms with Crippen LogP contribution in [0.3, 0.4) is 0 Å². The standard InChI is InChI=1S/C27H25N5O3S2/c1-2-24(36-27-31-30-25-17-12-20-10-6-7-11-23(20)32(25)27)26(33)29-21-13-15-22(16-14-21)37(34,35)28-18-19-8-4-3-5-9-19/h3-17,24,28H,2,18H2,1H3,(H,29,33). The monoisotopic (exact) mass is 531 g/mol. The summed E-state index contributed by atoms with van der Waals surface area (Å²) in [5, 5.41) is 12.8. The Balaban J connectivity index is 1.27. The van der Waals surface area contributed by atoms with Crippen molar-refractivity contribution in [3.05, 3.63) is 96.6 Å². The number of carbonyl (C=O) groups excluding carboxylic acids is 1. The minimum atomic E-state index is -3.68. The third kappa shape index (κ3) is 5.51. The van der Waals surface area contributed by atoms with E-state index in [1.807, 2.05) is 78.1 Å². The van der Waals surface area contributed by atoms with Crippen LogP contribution in [0.5, 0.6) is 0 Å². The van der Waals surface area contributed by atoms with Crippen LogP contribution < -0.4 is 10.0 Å². The lowest BCUT2D eigenvalue weighted by Gasteiger charge is -2.14. The van der Waals surface area contributed by atoms with Gasteiger partial charge in [0.2, 0.25) is 15.9 Å². The quantitative estimate of drug-likeness (QED) is 0.263. The van der Waals surface area contributed by atoms with Crippen LogP contribution in [0.15, 0.2) is 101 Å². The summed E-state index contributed by atoms with van der Waals surface area (Å²) in [7, 11) is -3.68. The predicted molar refractivity (Wildman–Crippen MR) is 146 cm³/mol. The third-order valence-electron chi connectivity index (χ3n) is 5.90. The molecule has 188 valence electrons. The first-order valence-electron chi connectivity index (χ1n) is 11.8. The van der Waals surface area contributed by atoms with E-state index in [9.17, 15) is 13.2 Å². The molecule has 5 rings (SSSR count). The van der Waals surface area contributed by atoms with Crippen molar-refractivity contribution in [1.29, 1.82) is 0 Å². The number of fused-ring (bicyclic) bond motifs is 3. The lowest BCUT2D eigenvalue weighted by atomic mass is 10.2. The highest BCUT2D eigenvalue weighted by Crippen LogP contribution is 2.28. The Labute approximate surface area is 219 Å². The van der Waals surface area contributed by atoms with E-state index >= 15 is 0 Å². The van der Waals surface area contributed by atoms with Crippen LogP contribution in [0.4, 0.5) is 5.69 Å². The van der Waals surface area contributed by atoms with Gasteiger partial charge in [-0.2, -0.15) is 0 Å². The smallest absolute Gasteiger partial charge is 0.240 e. The number of nitrogens with zero attached hydrogens (tertiary/aromatic N) is 3. The van der Waals surface area contributed by atoms with Crippen molar-refractivity contribution in [1.82, 2.24) is 19.3 Å². The van der Waals surface area contributed by atoms with Gasteiger partial charge in [0.15, 0.2) is 10.8 Å². The largest absolute Gasteiger partial charge is 0.325 e. The molecule has 1 amide bonds. The number of sulfonamides is 1. The fraction of sp³-hybridized carbons (Fsp3) is 0.148. The number of para-hydroxylation sites is 1. The van der Waals surface area contributed by atoms with E-state index in [1.54, 1.807) is 12.1 Å². The van der Waals surface area contributed by atoms with E-state index in [1.165, 1.54) is 23.9 Å². The van der Waals surface area contributed by atoms with Crippen molar-refractivity contribution >= 4 is 49.9 Å². The highest BCUT2D eigenvalue weighted by Gasteiger charge is 2.22. The number of benzene rings is 3. The topological polar surface area (TPSA) is 105 Å². The van der Waals surface area contributed by atoms with Crippen molar-refractivity contribution in [2.75, 3.05) is 5.32 Å². The maximum Gasteiger partial charge on any atom is 0.240 e. The van der Waals surface area contributed by atoms with Crippen molar-refractivity contribution in [3.63, 3.8) is 0 Å². The van der Waals surface area contributed by atoms with Gasteiger partial charge in [0.25, 0.3) is 0 Å². The number of amides is 1. The molecular formula is C27H25N5O3S2. The molecule has 1 atom stereocenters. The fourth-order valence-electron chi connectivity index (χ4n) is 3.94. The minimum absolute atomic E-state index is 0.129. The lowest BCUT2D eigenvalue weighted by Crippen LogP contribution is -2.25. The molecule has 0 aliphatic carbocycles. The Hall–Kier alpha value is -3.73. The first kappa shape index (κ1) is 24.9. The summed E-state index contributed by atoms with van der Waals surface area (Å²) in [5.41, 5.74) is 3.07. The molecule has 1 unspecified atom stereocenters. The van der Waals surface area contributed by atoms with E-state index in [-0.39, 0.29) is 17.3 Å². The lowest BCUT2D eigenvalue weighted by molar-refractivity contribution is -0.115. The molecule has 3 aromatic carbocycles. The Morgan fingerprint density at radius 3 is 2.41 bits per heavy atom. The molecule has 0 fully saturated rings. The zero-order chi connectivity index (χ0) is 25.8. The maximum absolute atomic E-state index is 13.1. The van der Waals surface area contributed by atoms with Crippen molar-refractivity contribution < 1.29 is 13.2 Å². The van der Waals surface area contributed by atoms with E-state index in [0.29, 0.717) is 22.9 Å². The van der Waals surface area contributed by atoms with Gasteiger partial charge in [-0.05, 0) is 59.8 Å². The summed E-state index contributed by atoms with van der Waals surface area (Å²) in [5.74, 6) is -0.192. The van der Waals surface area contributed by atoms with Gasteiger partial charge in [0.1, 0.15) is 0 Å². The van der Waals surface area contributed by atoms with Gasteiger partial charge in [-0.25, -0.2) is 13.1 Å². The highest BCUT2D eigenvalue weighted by atomic mass is 32.2. The molecule has 0 spiro atoms. The minimum Gasteiger partial charge on any atom is -0.325 e. The summed E-state index contributed by atoms with van der Waals surface area (Å²) in [4.78, 5) is 13.2. The second-order valence-electron chi connectivity index (χ2n) is 8.41. The highest BCUT2D eigenvalue weighted by molar-refractivity contribution is 8.00. The van der Waals surface area contributed by atoms with Crippen LogP contribution in [0.2, 0.25) is 0 Å². The van der Waals surface area contributed by atoms with Crippen LogP contribution in [0.1, 0.15) is 18.9 Å². The van der Waals surface area contributed by atoms with Gasteiger partial charge in [-0.1, -0.05) is 67.2 Å². The van der Waals surface area contributed by atoms with Gasteiger partial charge in [0, 0.05) is 12.2 Å². The molecule has 0 saturated carbocycles. The van der Waals surface area contributed by atoms with Crippen LogP contribution >= 0.6 is 11.8 Å². The normalized spacial score (nSPS) is 12.6. The summed E-state index contributed by atoms with van der Waals surface area (Å²) in [6.07, 6.45) is 0.575. The Bertz CT molecular complexity index is 1650.